The Morgan fingerprint density at radius 1 is 1.00 bits per heavy atom. The molecular formula is C16H19NO2S. The Balaban J connectivity index is 1.97. The predicted molar refractivity (Wildman–Crippen MR) is 83.1 cm³/mol. The number of likely N-dealkylation sites (N-methyl/N-ethyl adjacent to an activating group) is 1. The minimum atomic E-state index is -2.34. The van der Waals surface area contributed by atoms with E-state index in [9.17, 15) is 4.55 Å². The molecule has 4 heteroatoms. The van der Waals surface area contributed by atoms with Gasteiger partial charge in [-0.25, -0.2) is 0 Å². The molecule has 0 aromatic heterocycles. The highest BCUT2D eigenvalue weighted by Crippen LogP contribution is 2.69. The number of hydrogen-bond donors (Lipinski definition) is 2. The normalized spacial score (nSPS) is 16.5. The quantitative estimate of drug-likeness (QED) is 0.820. The topological polar surface area (TPSA) is 41.5 Å². The Morgan fingerprint density at radius 2 is 1.55 bits per heavy atom. The van der Waals surface area contributed by atoms with Crippen LogP contribution in [0.4, 0.5) is 0 Å². The lowest BCUT2D eigenvalue weighted by Gasteiger charge is -2.35. The summed E-state index contributed by atoms with van der Waals surface area (Å²) in [4.78, 5) is 1.83. The van der Waals surface area contributed by atoms with Crippen molar-refractivity contribution < 1.29 is 8.74 Å². The van der Waals surface area contributed by atoms with Gasteiger partial charge in [-0.2, -0.15) is 0 Å². The molecule has 0 unspecified atom stereocenters. The summed E-state index contributed by atoms with van der Waals surface area (Å²) >= 11 is 0. The van der Waals surface area contributed by atoms with Crippen LogP contribution in [0.15, 0.2) is 58.3 Å². The fourth-order valence-electron chi connectivity index (χ4n) is 2.52. The summed E-state index contributed by atoms with van der Waals surface area (Å²) in [5.41, 5.74) is 2.17. The molecule has 0 saturated carbocycles. The second kappa shape index (κ2) is 5.58. The van der Waals surface area contributed by atoms with Gasteiger partial charge in [-0.3, -0.25) is 8.74 Å². The van der Waals surface area contributed by atoms with Crippen LogP contribution >= 0.6 is 10.6 Å². The van der Waals surface area contributed by atoms with Crippen LogP contribution in [0.5, 0.6) is 0 Å². The van der Waals surface area contributed by atoms with Crippen LogP contribution in [-0.2, 0) is 4.18 Å². The molecule has 1 aliphatic rings. The fourth-order valence-corrected chi connectivity index (χ4v) is 4.81. The first-order chi connectivity index (χ1) is 9.77. The Labute approximate surface area is 121 Å². The van der Waals surface area contributed by atoms with Crippen molar-refractivity contribution in [3.8, 4) is 11.1 Å². The molecule has 0 saturated heterocycles. The van der Waals surface area contributed by atoms with E-state index in [1.807, 2.05) is 48.5 Å². The van der Waals surface area contributed by atoms with Crippen molar-refractivity contribution in [2.75, 3.05) is 19.7 Å². The van der Waals surface area contributed by atoms with Crippen LogP contribution in [0.1, 0.15) is 6.92 Å². The third kappa shape index (κ3) is 2.15. The molecule has 0 radical (unpaired) electrons. The highest BCUT2D eigenvalue weighted by Gasteiger charge is 2.35. The number of benzene rings is 2. The molecular weight excluding hydrogens is 270 g/mol. The summed E-state index contributed by atoms with van der Waals surface area (Å²) in [6, 6.07) is 15.9. The van der Waals surface area contributed by atoms with E-state index in [1.165, 1.54) is 0 Å². The third-order valence-corrected chi connectivity index (χ3v) is 5.86. The van der Waals surface area contributed by atoms with Crippen molar-refractivity contribution in [3.63, 3.8) is 0 Å². The van der Waals surface area contributed by atoms with Crippen LogP contribution in [0, 0.1) is 0 Å². The molecule has 20 heavy (non-hydrogen) atoms. The maximum atomic E-state index is 11.1. The molecule has 2 aromatic rings. The van der Waals surface area contributed by atoms with Gasteiger partial charge >= 0.3 is 0 Å². The molecule has 3 rings (SSSR count). The van der Waals surface area contributed by atoms with E-state index >= 15 is 0 Å². The summed E-state index contributed by atoms with van der Waals surface area (Å²) in [5.74, 6) is 0. The zero-order chi connectivity index (χ0) is 14.0. The molecule has 2 aromatic carbocycles. The van der Waals surface area contributed by atoms with Crippen LogP contribution in [0.25, 0.3) is 11.1 Å². The van der Waals surface area contributed by atoms with Gasteiger partial charge in [0.1, 0.15) is 0 Å². The first-order valence-electron chi connectivity index (χ1n) is 6.87. The minimum absolute atomic E-state index is 0.502. The number of hydrogen-bond acceptors (Lipinski definition) is 3. The highest BCUT2D eigenvalue weighted by molar-refractivity contribution is 8.25. The molecule has 0 amide bonds. The van der Waals surface area contributed by atoms with Crippen molar-refractivity contribution in [2.24, 2.45) is 0 Å². The van der Waals surface area contributed by atoms with Gasteiger partial charge in [0.05, 0.1) is 16.4 Å². The lowest BCUT2D eigenvalue weighted by molar-refractivity contribution is 0.314. The molecule has 1 heterocycles. The molecule has 0 fully saturated rings. The third-order valence-electron chi connectivity index (χ3n) is 3.44. The maximum absolute atomic E-state index is 11.1. The summed E-state index contributed by atoms with van der Waals surface area (Å²) in [7, 11) is -2.34. The van der Waals surface area contributed by atoms with Gasteiger partial charge in [0.15, 0.2) is 0 Å². The summed E-state index contributed by atoms with van der Waals surface area (Å²) in [6.07, 6.45) is 0. The molecule has 0 spiro atoms. The largest absolute Gasteiger partial charge is 0.315 e. The zero-order valence-electron chi connectivity index (χ0n) is 11.5. The van der Waals surface area contributed by atoms with Crippen molar-refractivity contribution >= 4 is 10.6 Å². The van der Waals surface area contributed by atoms with Gasteiger partial charge in [-0.1, -0.05) is 43.3 Å². The lowest BCUT2D eigenvalue weighted by atomic mass is 10.1. The van der Waals surface area contributed by atoms with Crippen molar-refractivity contribution in [1.82, 2.24) is 5.32 Å². The maximum Gasteiger partial charge on any atom is 0.0847 e. The smallest absolute Gasteiger partial charge is 0.0847 e. The first-order valence-corrected chi connectivity index (χ1v) is 8.38. The molecule has 2 N–H and O–H groups in total. The summed E-state index contributed by atoms with van der Waals surface area (Å²) in [6.45, 7) is 4.21. The van der Waals surface area contributed by atoms with E-state index in [1.54, 1.807) is 0 Å². The van der Waals surface area contributed by atoms with Gasteiger partial charge in [-0.15, -0.1) is 10.6 Å². The van der Waals surface area contributed by atoms with Crippen molar-refractivity contribution in [2.45, 2.75) is 16.7 Å². The number of nitrogens with one attached hydrogen (secondary N) is 1. The van der Waals surface area contributed by atoms with Crippen LogP contribution < -0.4 is 5.32 Å². The fraction of sp³-hybridized carbons (Fsp3) is 0.250. The Hall–Kier alpha value is -1.33. The SMILES string of the molecule is CCNCCOS1(O)c2ccccc2-c2ccccc21. The van der Waals surface area contributed by atoms with E-state index in [4.69, 9.17) is 4.18 Å². The van der Waals surface area contributed by atoms with Gasteiger partial charge in [0, 0.05) is 17.7 Å². The molecule has 1 aliphatic heterocycles. The predicted octanol–water partition coefficient (Wildman–Crippen LogP) is 3.90. The van der Waals surface area contributed by atoms with E-state index in [0.717, 1.165) is 34.0 Å². The average Bonchev–Trinajstić information content (AvgIpc) is 2.75. The van der Waals surface area contributed by atoms with E-state index in [0.29, 0.717) is 6.61 Å². The number of fused-ring (bicyclic) bond motifs is 3. The van der Waals surface area contributed by atoms with Gasteiger partial charge in [0.2, 0.25) is 0 Å². The van der Waals surface area contributed by atoms with Crippen LogP contribution in [0.3, 0.4) is 0 Å². The monoisotopic (exact) mass is 289 g/mol. The van der Waals surface area contributed by atoms with E-state index in [2.05, 4.69) is 12.2 Å². The molecule has 0 aliphatic carbocycles. The van der Waals surface area contributed by atoms with E-state index < -0.39 is 10.6 Å². The molecule has 0 bridgehead atoms. The zero-order valence-corrected chi connectivity index (χ0v) is 12.3. The van der Waals surface area contributed by atoms with Crippen LogP contribution in [-0.4, -0.2) is 24.2 Å². The second-order valence-electron chi connectivity index (χ2n) is 4.69. The van der Waals surface area contributed by atoms with Gasteiger partial charge < -0.3 is 5.32 Å². The molecule has 0 atom stereocenters. The summed E-state index contributed by atoms with van der Waals surface area (Å²) < 4.78 is 17.1. The van der Waals surface area contributed by atoms with E-state index in [-0.39, 0.29) is 0 Å². The van der Waals surface area contributed by atoms with Crippen molar-refractivity contribution in [1.29, 1.82) is 0 Å². The summed E-state index contributed by atoms with van der Waals surface area (Å²) in [5, 5.41) is 3.21. The Kier molecular flexibility index (Phi) is 3.81. The van der Waals surface area contributed by atoms with Gasteiger partial charge in [-0.05, 0) is 18.7 Å². The average molecular weight is 289 g/mol. The van der Waals surface area contributed by atoms with Crippen LogP contribution in [0.2, 0.25) is 0 Å². The Bertz CT molecular complexity index is 569. The standard InChI is InChI=1S/C16H19NO2S/c1-2-17-11-12-19-20(18)15-9-5-3-7-13(15)14-8-4-6-10-16(14)20/h3-10,17-18H,2,11-12H2,1H3. The highest BCUT2D eigenvalue weighted by atomic mass is 32.3. The lowest BCUT2D eigenvalue weighted by Crippen LogP contribution is -2.19. The Morgan fingerprint density at radius 3 is 2.10 bits per heavy atom. The second-order valence-corrected chi connectivity index (χ2v) is 6.86. The molecule has 3 nitrogen and oxygen atoms in total. The van der Waals surface area contributed by atoms with Crippen molar-refractivity contribution in [3.05, 3.63) is 48.5 Å². The minimum Gasteiger partial charge on any atom is -0.315 e. The number of rotatable bonds is 5. The first kappa shape index (κ1) is 13.6. The van der Waals surface area contributed by atoms with Gasteiger partial charge in [0.25, 0.3) is 0 Å². The molecule has 106 valence electrons.